The van der Waals surface area contributed by atoms with Crippen LogP contribution in [0.1, 0.15) is 41.8 Å². The molecule has 0 spiro atoms. The Morgan fingerprint density at radius 3 is 2.37 bits per heavy atom. The van der Waals surface area contributed by atoms with Crippen molar-refractivity contribution in [3.05, 3.63) is 65.7 Å². The number of piperidine rings is 1. The lowest BCUT2D eigenvalue weighted by atomic mass is 9.87. The second-order valence-electron chi connectivity index (χ2n) is 7.70. The summed E-state index contributed by atoms with van der Waals surface area (Å²) in [6.45, 7) is 4.52. The van der Waals surface area contributed by atoms with Crippen LogP contribution in [0.15, 0.2) is 54.6 Å². The zero-order valence-electron chi connectivity index (χ0n) is 17.4. The highest BCUT2D eigenvalue weighted by Gasteiger charge is 2.27. The monoisotopic (exact) mass is 413 g/mol. The molecule has 1 fully saturated rings. The predicted molar refractivity (Wildman–Crippen MR) is 114 cm³/mol. The standard InChI is InChI=1S/C24H31NO5/c1-2-29-24(28)20-8-10-22(11-9-20)30-17-21(26)16-25-14-12-19(13-15-25)23(27)18-6-4-3-5-7-18/h3-11,19,21,23,26-27H,2,12-17H2,1H3. The third kappa shape index (κ3) is 6.29. The topological polar surface area (TPSA) is 79.2 Å². The summed E-state index contributed by atoms with van der Waals surface area (Å²) in [4.78, 5) is 13.9. The highest BCUT2D eigenvalue weighted by Crippen LogP contribution is 2.30. The van der Waals surface area contributed by atoms with E-state index in [1.807, 2.05) is 30.3 Å². The molecular weight excluding hydrogens is 382 g/mol. The van der Waals surface area contributed by atoms with E-state index in [0.29, 0.717) is 24.5 Å². The van der Waals surface area contributed by atoms with Crippen molar-refractivity contribution in [3.63, 3.8) is 0 Å². The Morgan fingerprint density at radius 1 is 1.07 bits per heavy atom. The number of carbonyl (C=O) groups excluding carboxylic acids is 1. The summed E-state index contributed by atoms with van der Waals surface area (Å²) in [6.07, 6.45) is 0.766. The van der Waals surface area contributed by atoms with Crippen LogP contribution in [-0.2, 0) is 4.74 Å². The van der Waals surface area contributed by atoms with Gasteiger partial charge in [0.1, 0.15) is 18.5 Å². The van der Waals surface area contributed by atoms with Gasteiger partial charge in [0.25, 0.3) is 0 Å². The summed E-state index contributed by atoms with van der Waals surface area (Å²) in [5.41, 5.74) is 1.45. The molecule has 1 saturated heterocycles. The molecule has 1 aliphatic heterocycles. The maximum atomic E-state index is 11.7. The van der Waals surface area contributed by atoms with E-state index in [1.54, 1.807) is 31.2 Å². The third-order valence-electron chi connectivity index (χ3n) is 5.50. The predicted octanol–water partition coefficient (Wildman–Crippen LogP) is 3.05. The number of aliphatic hydroxyl groups is 2. The molecule has 162 valence electrons. The minimum absolute atomic E-state index is 0.186. The number of likely N-dealkylation sites (tertiary alicyclic amines) is 1. The third-order valence-corrected chi connectivity index (χ3v) is 5.50. The summed E-state index contributed by atoms with van der Waals surface area (Å²) < 4.78 is 10.6. The molecule has 0 aromatic heterocycles. The van der Waals surface area contributed by atoms with Crippen LogP contribution in [0.4, 0.5) is 0 Å². The Balaban J connectivity index is 1.39. The van der Waals surface area contributed by atoms with E-state index < -0.39 is 12.2 Å². The van der Waals surface area contributed by atoms with Gasteiger partial charge in [-0.1, -0.05) is 30.3 Å². The summed E-state index contributed by atoms with van der Waals surface area (Å²) in [7, 11) is 0. The largest absolute Gasteiger partial charge is 0.491 e. The molecule has 1 heterocycles. The average molecular weight is 414 g/mol. The minimum Gasteiger partial charge on any atom is -0.491 e. The molecule has 0 bridgehead atoms. The number of hydrogen-bond donors (Lipinski definition) is 2. The van der Waals surface area contributed by atoms with Crippen LogP contribution < -0.4 is 4.74 Å². The number of esters is 1. The van der Waals surface area contributed by atoms with Crippen LogP contribution >= 0.6 is 0 Å². The Labute approximate surface area is 178 Å². The zero-order chi connectivity index (χ0) is 21.3. The van der Waals surface area contributed by atoms with E-state index in [2.05, 4.69) is 4.90 Å². The van der Waals surface area contributed by atoms with E-state index in [1.165, 1.54) is 0 Å². The van der Waals surface area contributed by atoms with Gasteiger partial charge in [-0.3, -0.25) is 0 Å². The van der Waals surface area contributed by atoms with E-state index in [-0.39, 0.29) is 18.5 Å². The number of nitrogens with zero attached hydrogens (tertiary/aromatic N) is 1. The smallest absolute Gasteiger partial charge is 0.338 e. The van der Waals surface area contributed by atoms with E-state index in [9.17, 15) is 15.0 Å². The molecule has 2 unspecified atom stereocenters. The molecule has 0 radical (unpaired) electrons. The molecule has 2 atom stereocenters. The quantitative estimate of drug-likeness (QED) is 0.615. The second-order valence-corrected chi connectivity index (χ2v) is 7.70. The Bertz CT molecular complexity index is 772. The van der Waals surface area contributed by atoms with Crippen LogP contribution in [0, 0.1) is 5.92 Å². The molecule has 6 heteroatoms. The summed E-state index contributed by atoms with van der Waals surface area (Å²) in [5, 5.41) is 20.9. The molecule has 0 aliphatic carbocycles. The van der Waals surface area contributed by atoms with Crippen LogP contribution in [0.5, 0.6) is 5.75 Å². The van der Waals surface area contributed by atoms with E-state index >= 15 is 0 Å². The molecule has 0 amide bonds. The highest BCUT2D eigenvalue weighted by molar-refractivity contribution is 5.89. The molecule has 6 nitrogen and oxygen atoms in total. The Hall–Kier alpha value is -2.41. The fraction of sp³-hybridized carbons (Fsp3) is 0.458. The normalized spacial score (nSPS) is 17.3. The number of ether oxygens (including phenoxy) is 2. The number of carbonyl (C=O) groups is 1. The molecular formula is C24H31NO5. The van der Waals surface area contributed by atoms with Gasteiger partial charge in [0.15, 0.2) is 0 Å². The highest BCUT2D eigenvalue weighted by atomic mass is 16.5. The molecule has 2 aromatic carbocycles. The first-order valence-electron chi connectivity index (χ1n) is 10.6. The molecule has 3 rings (SSSR count). The second kappa shape index (κ2) is 11.1. The SMILES string of the molecule is CCOC(=O)c1ccc(OCC(O)CN2CCC(C(O)c3ccccc3)CC2)cc1. The maximum Gasteiger partial charge on any atom is 0.338 e. The van der Waals surface area contributed by atoms with Crippen molar-refractivity contribution in [2.24, 2.45) is 5.92 Å². The fourth-order valence-corrected chi connectivity index (χ4v) is 3.82. The number of β-amino-alcohol motifs (C(OH)–C–C–N with tert-alkyl or cyclic N) is 1. The van der Waals surface area contributed by atoms with Gasteiger partial charge in [-0.05, 0) is 68.6 Å². The van der Waals surface area contributed by atoms with Crippen molar-refractivity contribution in [2.45, 2.75) is 32.0 Å². The van der Waals surface area contributed by atoms with Gasteiger partial charge in [-0.15, -0.1) is 0 Å². The van der Waals surface area contributed by atoms with Gasteiger partial charge >= 0.3 is 5.97 Å². The van der Waals surface area contributed by atoms with Gasteiger partial charge in [0, 0.05) is 6.54 Å². The molecule has 0 saturated carbocycles. The minimum atomic E-state index is -0.606. The van der Waals surface area contributed by atoms with Crippen molar-refractivity contribution in [1.82, 2.24) is 4.90 Å². The van der Waals surface area contributed by atoms with Crippen molar-refractivity contribution >= 4 is 5.97 Å². The maximum absolute atomic E-state index is 11.7. The Kier molecular flexibility index (Phi) is 8.25. The van der Waals surface area contributed by atoms with Gasteiger partial charge in [0.05, 0.1) is 18.3 Å². The lowest BCUT2D eigenvalue weighted by Gasteiger charge is -2.35. The van der Waals surface area contributed by atoms with Gasteiger partial charge < -0.3 is 24.6 Å². The lowest BCUT2D eigenvalue weighted by molar-refractivity contribution is 0.0278. The van der Waals surface area contributed by atoms with Crippen LogP contribution in [0.2, 0.25) is 0 Å². The lowest BCUT2D eigenvalue weighted by Crippen LogP contribution is -2.41. The van der Waals surface area contributed by atoms with Gasteiger partial charge in [0.2, 0.25) is 0 Å². The number of aliphatic hydroxyl groups excluding tert-OH is 2. The average Bonchev–Trinajstić information content (AvgIpc) is 2.79. The number of benzene rings is 2. The van der Waals surface area contributed by atoms with Crippen LogP contribution in [0.25, 0.3) is 0 Å². The van der Waals surface area contributed by atoms with Crippen LogP contribution in [0.3, 0.4) is 0 Å². The summed E-state index contributed by atoms with van der Waals surface area (Å²) in [6, 6.07) is 16.5. The zero-order valence-corrected chi connectivity index (χ0v) is 17.4. The first-order chi connectivity index (χ1) is 14.6. The number of hydrogen-bond acceptors (Lipinski definition) is 6. The van der Waals surface area contributed by atoms with Gasteiger partial charge in [-0.2, -0.15) is 0 Å². The first kappa shape index (κ1) is 22.3. The van der Waals surface area contributed by atoms with Crippen molar-refractivity contribution in [2.75, 3.05) is 32.8 Å². The molecule has 30 heavy (non-hydrogen) atoms. The summed E-state index contributed by atoms with van der Waals surface area (Å²) >= 11 is 0. The molecule has 2 N–H and O–H groups in total. The van der Waals surface area contributed by atoms with Crippen molar-refractivity contribution in [1.29, 1.82) is 0 Å². The Morgan fingerprint density at radius 2 is 1.73 bits per heavy atom. The molecule has 1 aliphatic rings. The fourth-order valence-electron chi connectivity index (χ4n) is 3.82. The van der Waals surface area contributed by atoms with Crippen molar-refractivity contribution < 1.29 is 24.5 Å². The van der Waals surface area contributed by atoms with Gasteiger partial charge in [-0.25, -0.2) is 4.79 Å². The summed E-state index contributed by atoms with van der Waals surface area (Å²) in [5.74, 6) is 0.492. The first-order valence-corrected chi connectivity index (χ1v) is 10.6. The van der Waals surface area contributed by atoms with Crippen LogP contribution in [-0.4, -0.2) is 60.0 Å². The molecule has 2 aromatic rings. The van der Waals surface area contributed by atoms with E-state index in [0.717, 1.165) is 31.5 Å². The van der Waals surface area contributed by atoms with Crippen molar-refractivity contribution in [3.8, 4) is 5.75 Å². The number of rotatable bonds is 9. The van der Waals surface area contributed by atoms with E-state index in [4.69, 9.17) is 9.47 Å².